The van der Waals surface area contributed by atoms with Crippen molar-refractivity contribution in [2.75, 3.05) is 44.7 Å². The summed E-state index contributed by atoms with van der Waals surface area (Å²) in [6.45, 7) is 6.48. The molecular weight excluding hydrogens is 485 g/mol. The van der Waals surface area contributed by atoms with Crippen LogP contribution >= 0.6 is 23.2 Å². The van der Waals surface area contributed by atoms with Crippen molar-refractivity contribution in [3.8, 4) is 6.19 Å². The Kier molecular flexibility index (Phi) is 8.11. The zero-order valence-electron chi connectivity index (χ0n) is 19.9. The molecule has 2 fully saturated rings. The zero-order valence-corrected chi connectivity index (χ0v) is 21.4. The molecule has 3 heterocycles. The van der Waals surface area contributed by atoms with Crippen LogP contribution in [0.2, 0.25) is 10.0 Å². The van der Waals surface area contributed by atoms with Crippen molar-refractivity contribution in [1.82, 2.24) is 20.1 Å². The van der Waals surface area contributed by atoms with Gasteiger partial charge in [0.25, 0.3) is 5.91 Å². The van der Waals surface area contributed by atoms with Gasteiger partial charge in [0.2, 0.25) is 6.19 Å². The molecule has 0 bridgehead atoms. The Balaban J connectivity index is 1.37. The number of amides is 1. The van der Waals surface area contributed by atoms with Crippen molar-refractivity contribution in [1.29, 1.82) is 5.26 Å². The van der Waals surface area contributed by atoms with Crippen molar-refractivity contribution < 1.29 is 4.79 Å². The Morgan fingerprint density at radius 1 is 1.14 bits per heavy atom. The van der Waals surface area contributed by atoms with Crippen molar-refractivity contribution >= 4 is 40.8 Å². The number of hydrogen-bond acceptors (Lipinski definition) is 6. The minimum absolute atomic E-state index is 0.200. The van der Waals surface area contributed by atoms with Crippen LogP contribution in [0.5, 0.6) is 0 Å². The number of carbonyl (C=O) groups is 1. The van der Waals surface area contributed by atoms with Crippen LogP contribution in [0, 0.1) is 11.5 Å². The molecule has 0 saturated carbocycles. The number of aromatic nitrogens is 1. The smallest absolute Gasteiger partial charge is 0.252 e. The maximum atomic E-state index is 11.9. The summed E-state index contributed by atoms with van der Waals surface area (Å²) in [5, 5.41) is 13.0. The van der Waals surface area contributed by atoms with E-state index >= 15 is 0 Å². The van der Waals surface area contributed by atoms with Gasteiger partial charge in [0.05, 0.1) is 10.6 Å². The number of hydrogen-bond donors (Lipinski definition) is 1. The van der Waals surface area contributed by atoms with E-state index in [0.29, 0.717) is 33.5 Å². The number of carbonyl (C=O) groups excluding carboxylic acids is 1. The number of nitrogens with zero attached hydrogens (tertiary/aromatic N) is 6. The van der Waals surface area contributed by atoms with E-state index in [-0.39, 0.29) is 5.91 Å². The lowest BCUT2D eigenvalue weighted by Gasteiger charge is -2.47. The Morgan fingerprint density at radius 3 is 2.46 bits per heavy atom. The topological polar surface area (TPSA) is 87.9 Å². The van der Waals surface area contributed by atoms with Crippen molar-refractivity contribution in [2.24, 2.45) is 4.99 Å². The molecule has 1 atom stereocenters. The van der Waals surface area contributed by atoms with Gasteiger partial charge in [0.1, 0.15) is 11.7 Å². The van der Waals surface area contributed by atoms with Crippen molar-refractivity contribution in [2.45, 2.75) is 31.8 Å². The van der Waals surface area contributed by atoms with E-state index in [2.05, 4.69) is 36.9 Å². The van der Waals surface area contributed by atoms with Gasteiger partial charge in [-0.15, -0.1) is 0 Å². The Hall–Kier alpha value is -2.86. The lowest BCUT2D eigenvalue weighted by molar-refractivity contribution is 0.0886. The number of piperidine rings is 1. The van der Waals surface area contributed by atoms with Gasteiger partial charge in [-0.05, 0) is 50.1 Å². The predicted molar refractivity (Wildman–Crippen MR) is 139 cm³/mol. The third-order valence-electron chi connectivity index (χ3n) is 6.78. The van der Waals surface area contributed by atoms with Crippen molar-refractivity contribution in [3.05, 3.63) is 57.7 Å². The quantitative estimate of drug-likeness (QED) is 0.381. The standard InChI is InChI=1S/C25H29Cl2N7O/c1-17-15-33(24-22(27)13-19(14-30-24)25(35)29-2)11-12-34(17)21-7-9-32(10-8-21)23(31-16-28)18-3-5-20(26)6-4-18/h3-6,13-14,17,21H,7-12,15H2,1-2H3,(H,29,35)/b31-23-/t17-/m0/s1. The second-order valence-electron chi connectivity index (χ2n) is 8.90. The third kappa shape index (κ3) is 5.69. The van der Waals surface area contributed by atoms with E-state index in [1.807, 2.05) is 30.5 Å². The van der Waals surface area contributed by atoms with Crippen LogP contribution in [-0.4, -0.2) is 78.4 Å². The minimum atomic E-state index is -0.200. The molecule has 0 aliphatic carbocycles. The first-order valence-electron chi connectivity index (χ1n) is 11.8. The molecule has 2 aromatic rings. The van der Waals surface area contributed by atoms with Gasteiger partial charge in [0, 0.05) is 68.6 Å². The molecule has 4 rings (SSSR count). The van der Waals surface area contributed by atoms with Gasteiger partial charge < -0.3 is 15.1 Å². The molecule has 2 aliphatic heterocycles. The monoisotopic (exact) mass is 513 g/mol. The molecule has 0 spiro atoms. The van der Waals surface area contributed by atoms with Crippen LogP contribution in [0.25, 0.3) is 0 Å². The summed E-state index contributed by atoms with van der Waals surface area (Å²) in [6.07, 6.45) is 5.54. The largest absolute Gasteiger partial charge is 0.355 e. The van der Waals surface area contributed by atoms with E-state index in [1.165, 1.54) is 0 Å². The van der Waals surface area contributed by atoms with E-state index in [0.717, 1.165) is 56.9 Å². The van der Waals surface area contributed by atoms with E-state index in [4.69, 9.17) is 23.2 Å². The molecule has 2 aliphatic rings. The number of nitriles is 1. The Bertz CT molecular complexity index is 1120. The van der Waals surface area contributed by atoms with Crippen molar-refractivity contribution in [3.63, 3.8) is 0 Å². The molecule has 10 heteroatoms. The zero-order chi connectivity index (χ0) is 24.9. The molecular formula is C25H29Cl2N7O. The minimum Gasteiger partial charge on any atom is -0.355 e. The van der Waals surface area contributed by atoms with E-state index < -0.39 is 0 Å². The average molecular weight is 514 g/mol. The fourth-order valence-electron chi connectivity index (χ4n) is 5.01. The summed E-state index contributed by atoms with van der Waals surface area (Å²) < 4.78 is 0. The van der Waals surface area contributed by atoms with Crippen LogP contribution in [-0.2, 0) is 0 Å². The number of rotatable bonds is 4. The number of nitrogens with one attached hydrogen (secondary N) is 1. The number of amidine groups is 1. The van der Waals surface area contributed by atoms with Crippen LogP contribution in [0.3, 0.4) is 0 Å². The second kappa shape index (κ2) is 11.3. The molecule has 0 unspecified atom stereocenters. The molecule has 1 amide bonds. The van der Waals surface area contributed by atoms with Crippen LogP contribution in [0.15, 0.2) is 41.5 Å². The number of aliphatic imine (C=N–C) groups is 1. The molecule has 1 aromatic carbocycles. The van der Waals surface area contributed by atoms with E-state index in [1.54, 1.807) is 19.3 Å². The van der Waals surface area contributed by atoms with Gasteiger partial charge in [0.15, 0.2) is 0 Å². The summed E-state index contributed by atoms with van der Waals surface area (Å²) in [6, 6.07) is 9.95. The maximum Gasteiger partial charge on any atom is 0.252 e. The van der Waals surface area contributed by atoms with Gasteiger partial charge in [-0.25, -0.2) is 4.98 Å². The Labute approximate surface area is 216 Å². The normalized spacial score (nSPS) is 20.0. The fourth-order valence-corrected chi connectivity index (χ4v) is 5.42. The lowest BCUT2D eigenvalue weighted by Crippen LogP contribution is -2.58. The van der Waals surface area contributed by atoms with Crippen LogP contribution in [0.1, 0.15) is 35.7 Å². The average Bonchev–Trinajstić information content (AvgIpc) is 2.87. The third-order valence-corrected chi connectivity index (χ3v) is 7.31. The molecule has 2 saturated heterocycles. The van der Waals surface area contributed by atoms with Gasteiger partial charge in [-0.3, -0.25) is 9.69 Å². The number of pyridine rings is 1. The summed E-state index contributed by atoms with van der Waals surface area (Å²) >= 11 is 12.5. The van der Waals surface area contributed by atoms with Gasteiger partial charge >= 0.3 is 0 Å². The highest BCUT2D eigenvalue weighted by Gasteiger charge is 2.33. The molecule has 35 heavy (non-hydrogen) atoms. The van der Waals surface area contributed by atoms with Crippen LogP contribution in [0.4, 0.5) is 5.82 Å². The first kappa shape index (κ1) is 25.2. The molecule has 1 N–H and O–H groups in total. The maximum absolute atomic E-state index is 11.9. The molecule has 1 aromatic heterocycles. The second-order valence-corrected chi connectivity index (χ2v) is 9.75. The lowest BCUT2D eigenvalue weighted by atomic mass is 9.99. The summed E-state index contributed by atoms with van der Waals surface area (Å²) in [5.74, 6) is 1.23. The fraction of sp³-hybridized carbons (Fsp3) is 0.440. The first-order valence-corrected chi connectivity index (χ1v) is 12.5. The Morgan fingerprint density at radius 2 is 1.86 bits per heavy atom. The molecule has 8 nitrogen and oxygen atoms in total. The molecule has 0 radical (unpaired) electrons. The number of likely N-dealkylation sites (tertiary alicyclic amines) is 1. The summed E-state index contributed by atoms with van der Waals surface area (Å²) in [5.41, 5.74) is 1.36. The highest BCUT2D eigenvalue weighted by molar-refractivity contribution is 6.33. The SMILES string of the molecule is CNC(=O)c1cnc(N2CCN(C3CCN(/C(=N\C#N)c4ccc(Cl)cc4)CC3)[C@@H](C)C2)c(Cl)c1. The highest BCUT2D eigenvalue weighted by atomic mass is 35.5. The van der Waals surface area contributed by atoms with Crippen LogP contribution < -0.4 is 10.2 Å². The number of piperazine rings is 1. The highest BCUT2D eigenvalue weighted by Crippen LogP contribution is 2.29. The number of halogens is 2. The van der Waals surface area contributed by atoms with Gasteiger partial charge in [-0.1, -0.05) is 23.2 Å². The summed E-state index contributed by atoms with van der Waals surface area (Å²) in [4.78, 5) is 27.4. The van der Waals surface area contributed by atoms with Gasteiger partial charge in [-0.2, -0.15) is 10.3 Å². The number of anilines is 1. The summed E-state index contributed by atoms with van der Waals surface area (Å²) in [7, 11) is 1.59. The number of benzene rings is 1. The molecule has 184 valence electrons. The predicted octanol–water partition coefficient (Wildman–Crippen LogP) is 3.65. The van der Waals surface area contributed by atoms with E-state index in [9.17, 15) is 10.1 Å². The first-order chi connectivity index (χ1) is 16.9.